The molecule has 3 saturated carbocycles. The van der Waals surface area contributed by atoms with Crippen LogP contribution in [-0.2, 0) is 47.5 Å². The van der Waals surface area contributed by atoms with Crippen molar-refractivity contribution in [3.05, 3.63) is 0 Å². The van der Waals surface area contributed by atoms with Gasteiger partial charge in [-0.3, -0.25) is 9.59 Å². The first kappa shape index (κ1) is 23.3. The van der Waals surface area contributed by atoms with Gasteiger partial charge in [0, 0.05) is 5.41 Å². The van der Waals surface area contributed by atoms with Gasteiger partial charge in [0.2, 0.25) is 0 Å². The molecule has 10 heteroatoms. The molecule has 3 aliphatic carbocycles. The summed E-state index contributed by atoms with van der Waals surface area (Å²) in [4.78, 5) is 24.8. The van der Waals surface area contributed by atoms with Gasteiger partial charge < -0.3 is 37.9 Å². The molecule has 11 rings (SSSR count). The predicted molar refractivity (Wildman–Crippen MR) is 127 cm³/mol. The number of rotatable bonds is 6. The number of hydrogen-bond acceptors (Lipinski definition) is 10. The molecule has 18 unspecified atom stereocenters. The summed E-state index contributed by atoms with van der Waals surface area (Å²) in [5, 5.41) is 0. The van der Waals surface area contributed by atoms with Crippen molar-refractivity contribution in [2.75, 3.05) is 13.2 Å². The van der Waals surface area contributed by atoms with Crippen LogP contribution in [0.25, 0.3) is 0 Å². The van der Waals surface area contributed by atoms with Crippen molar-refractivity contribution in [3.63, 3.8) is 0 Å². The van der Waals surface area contributed by atoms with E-state index < -0.39 is 5.41 Å². The summed E-state index contributed by atoms with van der Waals surface area (Å²) in [6.45, 7) is 4.23. The molecule has 39 heavy (non-hydrogen) atoms. The van der Waals surface area contributed by atoms with E-state index in [4.69, 9.17) is 37.9 Å². The van der Waals surface area contributed by atoms with Crippen molar-refractivity contribution in [2.45, 2.75) is 113 Å². The lowest BCUT2D eigenvalue weighted by atomic mass is 9.81. The summed E-state index contributed by atoms with van der Waals surface area (Å²) in [5.41, 5.74) is -0.459. The van der Waals surface area contributed by atoms with Crippen LogP contribution in [0.15, 0.2) is 0 Å². The molecule has 11 fully saturated rings. The van der Waals surface area contributed by atoms with Gasteiger partial charge in [0.1, 0.15) is 36.6 Å². The lowest BCUT2D eigenvalue weighted by Crippen LogP contribution is -2.37. The van der Waals surface area contributed by atoms with E-state index in [1.54, 1.807) is 0 Å². The summed E-state index contributed by atoms with van der Waals surface area (Å²) in [6, 6.07) is 0. The third-order valence-electron chi connectivity index (χ3n) is 11.7. The van der Waals surface area contributed by atoms with Crippen LogP contribution in [0.5, 0.6) is 0 Å². The topological polar surface area (TPSA) is 121 Å². The van der Waals surface area contributed by atoms with E-state index in [-0.39, 0.29) is 85.8 Å². The molecule has 0 aromatic rings. The summed E-state index contributed by atoms with van der Waals surface area (Å²) < 4.78 is 44.9. The molecule has 6 bridgehead atoms. The van der Waals surface area contributed by atoms with Gasteiger partial charge >= 0.3 is 11.9 Å². The second kappa shape index (κ2) is 7.55. The summed E-state index contributed by atoms with van der Waals surface area (Å²) >= 11 is 0. The maximum absolute atomic E-state index is 12.4. The van der Waals surface area contributed by atoms with Crippen LogP contribution in [0.1, 0.15) is 39.5 Å². The lowest BCUT2D eigenvalue weighted by molar-refractivity contribution is -0.160. The maximum atomic E-state index is 12.4. The monoisotopic (exact) mass is 544 g/mol. The first-order valence-corrected chi connectivity index (χ1v) is 15.1. The Bertz CT molecular complexity index is 1070. The van der Waals surface area contributed by atoms with E-state index >= 15 is 0 Å². The molecule has 11 aliphatic rings. The zero-order valence-corrected chi connectivity index (χ0v) is 22.2. The van der Waals surface area contributed by atoms with Crippen LogP contribution in [-0.4, -0.2) is 98.4 Å². The Morgan fingerprint density at radius 2 is 1.08 bits per heavy atom. The fourth-order valence-corrected chi connectivity index (χ4v) is 9.74. The number of epoxide rings is 4. The number of esters is 2. The normalized spacial score (nSPS) is 59.4. The Morgan fingerprint density at radius 3 is 1.64 bits per heavy atom. The number of carbonyl (C=O) groups excluding carboxylic acids is 2. The van der Waals surface area contributed by atoms with Crippen LogP contribution in [0.3, 0.4) is 0 Å². The average molecular weight is 545 g/mol. The van der Waals surface area contributed by atoms with E-state index in [1.807, 2.05) is 13.8 Å². The zero-order valence-electron chi connectivity index (χ0n) is 22.2. The van der Waals surface area contributed by atoms with Crippen molar-refractivity contribution < 1.29 is 47.5 Å². The highest BCUT2D eigenvalue weighted by Gasteiger charge is 2.74. The van der Waals surface area contributed by atoms with Crippen LogP contribution in [0.4, 0.5) is 0 Å². The fourth-order valence-electron chi connectivity index (χ4n) is 9.74. The highest BCUT2D eigenvalue weighted by atomic mass is 16.7. The molecule has 0 amide bonds. The van der Waals surface area contributed by atoms with Crippen LogP contribution in [0, 0.1) is 40.9 Å². The largest absolute Gasteiger partial charge is 0.465 e. The quantitative estimate of drug-likeness (QED) is 0.354. The Labute approximate surface area is 226 Å². The number of carbonyl (C=O) groups is 2. The average Bonchev–Trinajstić information content (AvgIpc) is 3.92. The van der Waals surface area contributed by atoms with E-state index in [9.17, 15) is 9.59 Å². The van der Waals surface area contributed by atoms with Gasteiger partial charge in [0.15, 0.2) is 0 Å². The fraction of sp³-hybridized carbons (Fsp3) is 0.931. The molecule has 0 N–H and O–H groups in total. The van der Waals surface area contributed by atoms with Gasteiger partial charge in [-0.2, -0.15) is 0 Å². The molecular formula is C29H36O10. The number of fused-ring (bicyclic) bond motifs is 20. The van der Waals surface area contributed by atoms with Gasteiger partial charge in [-0.05, 0) is 49.4 Å². The summed E-state index contributed by atoms with van der Waals surface area (Å²) in [5.74, 6) is 2.81. The Balaban J connectivity index is 0.000000142. The second-order valence-corrected chi connectivity index (χ2v) is 14.7. The van der Waals surface area contributed by atoms with E-state index in [2.05, 4.69) is 0 Å². The van der Waals surface area contributed by atoms with Gasteiger partial charge in [0.05, 0.1) is 61.7 Å². The van der Waals surface area contributed by atoms with Crippen molar-refractivity contribution in [1.29, 1.82) is 0 Å². The SMILES string of the molecule is C1C2OC2C2C1C1CC2C2OC12.CC(C)(COC(=O)C1CC2OC1C1OC21)COC(=O)C1CC2OC1C1OC21. The standard InChI is InChI=1S/C19H24O8.C10H12O2/c1-19(2,5-22-17(20)7-3-9-13-15(26-13)11(7)24-9)6-23-18(21)8-4-10-14-16(27-14)12(8)25-10;1-4-3-2-6-10(11-6)7(3)5(1)9-8(4)12-9/h7-16H,3-6H2,1-2H3;3-10H,1-2H2. The lowest BCUT2D eigenvalue weighted by Gasteiger charge is -2.26. The molecular weight excluding hydrogens is 508 g/mol. The first-order chi connectivity index (χ1) is 18.8. The molecule has 212 valence electrons. The minimum absolute atomic E-state index is 0.0468. The van der Waals surface area contributed by atoms with Gasteiger partial charge in [-0.25, -0.2) is 0 Å². The maximum Gasteiger partial charge on any atom is 0.311 e. The van der Waals surface area contributed by atoms with Crippen molar-refractivity contribution in [1.82, 2.24) is 0 Å². The minimum atomic E-state index is -0.459. The Hall–Kier alpha value is -1.30. The third kappa shape index (κ3) is 3.36. The van der Waals surface area contributed by atoms with Gasteiger partial charge in [-0.1, -0.05) is 13.8 Å². The number of hydrogen-bond donors (Lipinski definition) is 0. The molecule has 10 nitrogen and oxygen atoms in total. The Morgan fingerprint density at radius 1 is 0.564 bits per heavy atom. The number of ether oxygens (including phenoxy) is 8. The van der Waals surface area contributed by atoms with Crippen molar-refractivity contribution in [3.8, 4) is 0 Å². The molecule has 8 heterocycles. The van der Waals surface area contributed by atoms with Crippen LogP contribution in [0.2, 0.25) is 0 Å². The summed E-state index contributed by atoms with van der Waals surface area (Å²) in [7, 11) is 0. The Kier molecular flexibility index (Phi) is 4.51. The highest BCUT2D eigenvalue weighted by molar-refractivity contribution is 5.75. The molecule has 0 aromatic carbocycles. The van der Waals surface area contributed by atoms with E-state index in [0.29, 0.717) is 37.3 Å². The predicted octanol–water partition coefficient (Wildman–Crippen LogP) is 1.02. The van der Waals surface area contributed by atoms with Gasteiger partial charge in [-0.15, -0.1) is 0 Å². The summed E-state index contributed by atoms with van der Waals surface area (Å²) in [6.07, 6.45) is 7.26. The molecule has 0 aromatic heterocycles. The smallest absolute Gasteiger partial charge is 0.311 e. The molecule has 8 aliphatic heterocycles. The van der Waals surface area contributed by atoms with Crippen LogP contribution >= 0.6 is 0 Å². The minimum Gasteiger partial charge on any atom is -0.465 e. The molecule has 0 radical (unpaired) electrons. The molecule has 18 atom stereocenters. The highest BCUT2D eigenvalue weighted by Crippen LogP contribution is 2.69. The van der Waals surface area contributed by atoms with Crippen LogP contribution < -0.4 is 0 Å². The van der Waals surface area contributed by atoms with Crippen molar-refractivity contribution >= 4 is 11.9 Å². The first-order valence-electron chi connectivity index (χ1n) is 15.1. The third-order valence-corrected chi connectivity index (χ3v) is 11.7. The zero-order chi connectivity index (χ0) is 25.9. The molecule has 0 spiro atoms. The molecule has 8 saturated heterocycles. The van der Waals surface area contributed by atoms with Crippen molar-refractivity contribution in [2.24, 2.45) is 40.9 Å². The van der Waals surface area contributed by atoms with E-state index in [1.165, 1.54) is 12.8 Å². The second-order valence-electron chi connectivity index (χ2n) is 14.7. The van der Waals surface area contributed by atoms with Gasteiger partial charge in [0.25, 0.3) is 0 Å². The van der Waals surface area contributed by atoms with E-state index in [0.717, 1.165) is 23.7 Å².